The number of hydrogen-bond donors (Lipinski definition) is 0. The fraction of sp³-hybridized carbons (Fsp3) is 0.0938. The van der Waals surface area contributed by atoms with E-state index in [2.05, 4.69) is 77.9 Å². The van der Waals surface area contributed by atoms with Gasteiger partial charge in [0.1, 0.15) is 0 Å². The van der Waals surface area contributed by atoms with Gasteiger partial charge in [0, 0.05) is 0 Å². The summed E-state index contributed by atoms with van der Waals surface area (Å²) in [6, 6.07) is 41.4. The van der Waals surface area contributed by atoms with Gasteiger partial charge in [0.15, 0.2) is 0 Å². The minimum atomic E-state index is 0. The van der Waals surface area contributed by atoms with Gasteiger partial charge in [0.05, 0.1) is 0 Å². The van der Waals surface area contributed by atoms with Gasteiger partial charge in [-0.05, 0) is 6.42 Å². The van der Waals surface area contributed by atoms with Gasteiger partial charge in [0.2, 0.25) is 0 Å². The minimum absolute atomic E-state index is 0. The quantitative estimate of drug-likeness (QED) is 0.162. The Bertz CT molecular complexity index is 1030. The summed E-state index contributed by atoms with van der Waals surface area (Å²) in [7, 11) is 0. The van der Waals surface area contributed by atoms with Crippen molar-refractivity contribution in [2.24, 2.45) is 0 Å². The maximum absolute atomic E-state index is 3.34. The van der Waals surface area contributed by atoms with E-state index < -0.39 is 0 Å². The second kappa shape index (κ2) is 21.0. The van der Waals surface area contributed by atoms with Crippen molar-refractivity contribution < 1.29 is 24.2 Å². The van der Waals surface area contributed by atoms with E-state index in [1.54, 1.807) is 0 Å². The summed E-state index contributed by atoms with van der Waals surface area (Å²) in [4.78, 5) is 0. The van der Waals surface area contributed by atoms with Crippen LogP contribution < -0.4 is 0 Å². The Kier molecular flexibility index (Phi) is 19.6. The first-order valence-electron chi connectivity index (χ1n) is 10.8. The summed E-state index contributed by atoms with van der Waals surface area (Å²) >= 11 is 1.30. The van der Waals surface area contributed by atoms with E-state index in [4.69, 9.17) is 0 Å². The summed E-state index contributed by atoms with van der Waals surface area (Å²) in [6.45, 7) is 2.06. The molecule has 0 nitrogen and oxygen atoms in total. The van der Waals surface area contributed by atoms with E-state index >= 15 is 0 Å². The largest absolute Gasteiger partial charge is 0.184 e. The molecule has 0 atom stereocenters. The van der Waals surface area contributed by atoms with Gasteiger partial charge >= 0.3 is 28.4 Å². The zero-order valence-corrected chi connectivity index (χ0v) is 24.0. The Balaban J connectivity index is 0.000000454. The summed E-state index contributed by atoms with van der Waals surface area (Å²) in [5, 5.41) is 0. The van der Waals surface area contributed by atoms with Crippen LogP contribution in [0.3, 0.4) is 0 Å². The molecule has 0 saturated carbocycles. The van der Waals surface area contributed by atoms with Crippen LogP contribution in [-0.4, -0.2) is 4.21 Å². The molecule has 0 aromatic heterocycles. The summed E-state index contributed by atoms with van der Waals surface area (Å²) < 4.78 is 3.34. The topological polar surface area (TPSA) is 0 Å². The van der Waals surface area contributed by atoms with Gasteiger partial charge in [0.25, 0.3) is 0 Å². The molecule has 0 saturated heterocycles. The Morgan fingerprint density at radius 1 is 0.714 bits per heavy atom. The second-order valence-electron chi connectivity index (χ2n) is 7.05. The summed E-state index contributed by atoms with van der Waals surface area (Å²) in [6.07, 6.45) is 11.0. The van der Waals surface area contributed by atoms with Crippen LogP contribution in [0.1, 0.15) is 23.1 Å². The van der Waals surface area contributed by atoms with Crippen LogP contribution in [0.15, 0.2) is 115 Å². The molecular formula is C32H30Cl2Zr-4. The molecule has 0 N–H and O–H groups in total. The fourth-order valence-corrected chi connectivity index (χ4v) is 3.15. The number of rotatable bonds is 0. The third-order valence-corrected chi connectivity index (χ3v) is 4.69. The molecule has 2 aliphatic rings. The van der Waals surface area contributed by atoms with Crippen molar-refractivity contribution in [3.05, 3.63) is 156 Å². The molecule has 0 radical (unpaired) electrons. The number of benzene rings is 4. The number of allylic oxidation sites excluding steroid dienone is 4. The Morgan fingerprint density at radius 2 is 1.37 bits per heavy atom. The van der Waals surface area contributed by atoms with Crippen molar-refractivity contribution in [1.82, 2.24) is 0 Å². The molecule has 0 unspecified atom stereocenters. The van der Waals surface area contributed by atoms with E-state index in [1.807, 2.05) is 72.8 Å². The molecule has 35 heavy (non-hydrogen) atoms. The molecule has 4 aromatic carbocycles. The standard InChI is InChI=1S/C13H9.C7H7.C6H5.C5H5.CH2.2ClH.Zr/c1-3-7-12-10(5-1)9-11-6-2-4-8-13(11)12;1-7-5-3-2-4-6-7;1-2-4-6-5-3-1;1-2-4-5-3-1;;;;/h1-5,7-8H,9H2;3-6H,1H3;1-5H;1-3H,4H2;1H2;2*1H;/q4*-1;;;;. The van der Waals surface area contributed by atoms with Gasteiger partial charge in [-0.25, -0.2) is 12.2 Å². The summed E-state index contributed by atoms with van der Waals surface area (Å²) in [5.74, 6) is 0. The molecule has 6 rings (SSSR count). The normalized spacial score (nSPS) is 10.3. The molecular weight excluding hydrogens is 546 g/mol. The van der Waals surface area contributed by atoms with Crippen molar-refractivity contribution >= 4 is 29.0 Å². The smallest absolute Gasteiger partial charge is 0.0253 e. The maximum Gasteiger partial charge on any atom is -0.0253 e. The van der Waals surface area contributed by atoms with Gasteiger partial charge in [-0.1, -0.05) is 42.3 Å². The van der Waals surface area contributed by atoms with Gasteiger partial charge < -0.3 is 0 Å². The third-order valence-electron chi connectivity index (χ3n) is 4.69. The molecule has 0 heterocycles. The number of halogens is 2. The van der Waals surface area contributed by atoms with E-state index in [-0.39, 0.29) is 24.8 Å². The van der Waals surface area contributed by atoms with E-state index in [0.717, 1.165) is 12.8 Å². The number of fused-ring (bicyclic) bond motifs is 3. The van der Waals surface area contributed by atoms with E-state index in [9.17, 15) is 0 Å². The van der Waals surface area contributed by atoms with Crippen LogP contribution in [-0.2, 0) is 30.7 Å². The Morgan fingerprint density at radius 3 is 1.86 bits per heavy atom. The first-order valence-corrected chi connectivity index (χ1v) is 12.6. The van der Waals surface area contributed by atoms with Crippen molar-refractivity contribution in [2.45, 2.75) is 19.8 Å². The van der Waals surface area contributed by atoms with Gasteiger partial charge in [-0.15, -0.1) is 36.8 Å². The molecule has 2 aliphatic carbocycles. The number of hydrogen-bond acceptors (Lipinski definition) is 0. The molecule has 0 fully saturated rings. The van der Waals surface area contributed by atoms with Crippen LogP contribution in [0.25, 0.3) is 11.1 Å². The molecule has 3 heteroatoms. The van der Waals surface area contributed by atoms with Crippen LogP contribution in [0.2, 0.25) is 0 Å². The fourth-order valence-electron chi connectivity index (χ4n) is 3.15. The van der Waals surface area contributed by atoms with Crippen molar-refractivity contribution in [3.63, 3.8) is 0 Å². The van der Waals surface area contributed by atoms with Crippen LogP contribution in [0.5, 0.6) is 0 Å². The first kappa shape index (κ1) is 32.7. The second-order valence-corrected chi connectivity index (χ2v) is 7.05. The molecule has 0 amide bonds. The van der Waals surface area contributed by atoms with E-state index in [0.29, 0.717) is 0 Å². The summed E-state index contributed by atoms with van der Waals surface area (Å²) in [5.41, 5.74) is 6.80. The maximum atomic E-state index is 3.34. The molecule has 0 bridgehead atoms. The SMILES string of the molecule is Cc1cc[c-]cc1.Cl.Cl.[C-]1=CC=CC1.[CH2]=[Zr].[c-]1cccc2c1Cc1ccccc1-2.[c-]1ccccc1. The van der Waals surface area contributed by atoms with Crippen molar-refractivity contribution in [1.29, 1.82) is 0 Å². The van der Waals surface area contributed by atoms with E-state index in [1.165, 1.54) is 52.1 Å². The first-order chi connectivity index (χ1) is 16.3. The van der Waals surface area contributed by atoms with Crippen LogP contribution in [0, 0.1) is 31.2 Å². The average Bonchev–Trinajstić information content (AvgIpc) is 3.60. The third kappa shape index (κ3) is 12.8. The molecule has 0 aliphatic heterocycles. The zero-order valence-electron chi connectivity index (χ0n) is 19.9. The van der Waals surface area contributed by atoms with Gasteiger partial charge in [-0.2, -0.15) is 108 Å². The van der Waals surface area contributed by atoms with Crippen molar-refractivity contribution in [2.75, 3.05) is 0 Å². The monoisotopic (exact) mass is 574 g/mol. The van der Waals surface area contributed by atoms with Crippen LogP contribution >= 0.6 is 24.8 Å². The molecule has 0 spiro atoms. The predicted octanol–water partition coefficient (Wildman–Crippen LogP) is 8.45. The van der Waals surface area contributed by atoms with Gasteiger partial charge in [-0.3, -0.25) is 6.08 Å². The Hall–Kier alpha value is -2.31. The van der Waals surface area contributed by atoms with Crippen molar-refractivity contribution in [3.8, 4) is 11.1 Å². The molecule has 4 aromatic rings. The molecule has 180 valence electrons. The average molecular weight is 577 g/mol. The number of aryl methyl sites for hydroxylation is 1. The Labute approximate surface area is 239 Å². The minimum Gasteiger partial charge on any atom is -0.184 e. The van der Waals surface area contributed by atoms with Crippen LogP contribution in [0.4, 0.5) is 0 Å². The predicted molar refractivity (Wildman–Crippen MR) is 152 cm³/mol. The zero-order chi connectivity index (χ0) is 23.6.